The fraction of sp³-hybridized carbons (Fsp3) is 0.323. The van der Waals surface area contributed by atoms with Crippen molar-refractivity contribution in [2.75, 3.05) is 22.9 Å². The van der Waals surface area contributed by atoms with Gasteiger partial charge in [0.25, 0.3) is 11.8 Å². The molecular weight excluding hydrogens is 490 g/mol. The zero-order chi connectivity index (χ0) is 28.5. The predicted molar refractivity (Wildman–Crippen MR) is 160 cm³/mol. The molecular formula is C31H39N5O3. The molecule has 6 N–H and O–H groups in total. The van der Waals surface area contributed by atoms with Gasteiger partial charge in [-0.1, -0.05) is 43.9 Å². The van der Waals surface area contributed by atoms with E-state index in [1.54, 1.807) is 6.07 Å². The molecule has 0 aliphatic carbocycles. The smallest absolute Gasteiger partial charge is 0.256 e. The van der Waals surface area contributed by atoms with Gasteiger partial charge in [-0.2, -0.15) is 0 Å². The van der Waals surface area contributed by atoms with Crippen molar-refractivity contribution in [1.29, 1.82) is 0 Å². The molecule has 0 unspecified atom stereocenters. The van der Waals surface area contributed by atoms with Crippen LogP contribution in [0.5, 0.6) is 0 Å². The van der Waals surface area contributed by atoms with Crippen LogP contribution < -0.4 is 21.7 Å². The van der Waals surface area contributed by atoms with E-state index >= 15 is 0 Å². The molecule has 3 amide bonds. The number of unbranched alkanes of at least 4 members (excludes halogenated alkanes) is 3. The molecule has 0 bridgehead atoms. The molecule has 39 heavy (non-hydrogen) atoms. The Balaban J connectivity index is 0.000000320. The first-order valence-corrected chi connectivity index (χ1v) is 13.3. The molecule has 2 aromatic carbocycles. The van der Waals surface area contributed by atoms with E-state index in [9.17, 15) is 14.4 Å². The Morgan fingerprint density at radius 3 is 2.41 bits per heavy atom. The van der Waals surface area contributed by atoms with Crippen LogP contribution >= 0.6 is 0 Å². The maximum Gasteiger partial charge on any atom is 0.256 e. The van der Waals surface area contributed by atoms with Gasteiger partial charge in [-0.25, -0.2) is 0 Å². The molecule has 0 radical (unpaired) electrons. The van der Waals surface area contributed by atoms with Crippen LogP contribution in [-0.2, 0) is 9.59 Å². The molecule has 0 atom stereocenters. The minimum absolute atomic E-state index is 0.0560. The molecule has 8 nitrogen and oxygen atoms in total. The number of benzene rings is 2. The number of carbonyl (C=O) groups is 3. The Hall–Kier alpha value is -4.33. The zero-order valence-electron chi connectivity index (χ0n) is 23.5. The number of rotatable bonds is 9. The first kappa shape index (κ1) is 29.2. The van der Waals surface area contributed by atoms with Crippen LogP contribution in [0.3, 0.4) is 0 Å². The van der Waals surface area contributed by atoms with Crippen molar-refractivity contribution in [3.8, 4) is 0 Å². The van der Waals surface area contributed by atoms with E-state index in [1.165, 1.54) is 12.8 Å². The summed E-state index contributed by atoms with van der Waals surface area (Å²) >= 11 is 0. The molecule has 0 spiro atoms. The Morgan fingerprint density at radius 2 is 1.72 bits per heavy atom. The maximum atomic E-state index is 12.6. The van der Waals surface area contributed by atoms with Crippen molar-refractivity contribution in [2.45, 2.75) is 60.3 Å². The van der Waals surface area contributed by atoms with Crippen LogP contribution in [0.25, 0.3) is 11.6 Å². The lowest BCUT2D eigenvalue weighted by Gasteiger charge is -2.06. The van der Waals surface area contributed by atoms with Gasteiger partial charge in [0.1, 0.15) is 0 Å². The third-order valence-corrected chi connectivity index (χ3v) is 6.69. The van der Waals surface area contributed by atoms with Crippen LogP contribution in [0.1, 0.15) is 76.6 Å². The van der Waals surface area contributed by atoms with Crippen molar-refractivity contribution in [3.05, 3.63) is 75.6 Å². The van der Waals surface area contributed by atoms with Crippen molar-refractivity contribution >= 4 is 46.9 Å². The van der Waals surface area contributed by atoms with Gasteiger partial charge in [0.2, 0.25) is 6.41 Å². The highest BCUT2D eigenvalue weighted by atomic mass is 16.2. The maximum absolute atomic E-state index is 12.6. The lowest BCUT2D eigenvalue weighted by molar-refractivity contribution is -0.110. The number of hydrogen-bond donors (Lipinski definition) is 5. The molecule has 3 aromatic rings. The Kier molecular flexibility index (Phi) is 10.1. The second-order valence-corrected chi connectivity index (χ2v) is 9.89. The lowest BCUT2D eigenvalue weighted by atomic mass is 10.0. The summed E-state index contributed by atoms with van der Waals surface area (Å²) in [7, 11) is 0. The van der Waals surface area contributed by atoms with E-state index in [-0.39, 0.29) is 11.8 Å². The third-order valence-electron chi connectivity index (χ3n) is 6.69. The van der Waals surface area contributed by atoms with E-state index in [0.29, 0.717) is 35.5 Å². The fourth-order valence-corrected chi connectivity index (χ4v) is 4.57. The molecule has 0 saturated carbocycles. The second-order valence-electron chi connectivity index (χ2n) is 9.89. The minimum atomic E-state index is -0.117. The van der Waals surface area contributed by atoms with Gasteiger partial charge >= 0.3 is 0 Å². The highest BCUT2D eigenvalue weighted by molar-refractivity contribution is 6.35. The van der Waals surface area contributed by atoms with E-state index in [1.807, 2.05) is 64.1 Å². The van der Waals surface area contributed by atoms with Crippen LogP contribution in [0.15, 0.2) is 36.4 Å². The number of amides is 3. The van der Waals surface area contributed by atoms with Crippen molar-refractivity contribution in [2.24, 2.45) is 0 Å². The summed E-state index contributed by atoms with van der Waals surface area (Å²) < 4.78 is 0. The molecule has 2 heterocycles. The van der Waals surface area contributed by atoms with Crippen LogP contribution in [0.4, 0.5) is 17.1 Å². The number of aromatic nitrogens is 1. The summed E-state index contributed by atoms with van der Waals surface area (Å²) in [5.41, 5.74) is 14.5. The van der Waals surface area contributed by atoms with Crippen molar-refractivity contribution in [3.63, 3.8) is 0 Å². The standard InChI is InChI=1S/C23H29N3O2.C8H10N2O/c1-5-6-7-8-11-24-23(28)21-15(3)20(25-16(21)4)13-18-17-12-14(2)9-10-19(17)26-22(18)27;1-6-2-3-8(10-5-11)7(9)4-6/h9-10,12-13,25H,5-8,11H2,1-4H3,(H,24,28)(H,26,27);2-5H,9H2,1H3,(H,10,11)/b18-13-;. The van der Waals surface area contributed by atoms with Gasteiger partial charge in [-0.05, 0) is 75.6 Å². The summed E-state index contributed by atoms with van der Waals surface area (Å²) in [4.78, 5) is 38.4. The van der Waals surface area contributed by atoms with Gasteiger partial charge in [0.05, 0.1) is 22.5 Å². The Morgan fingerprint density at radius 1 is 1.00 bits per heavy atom. The number of nitrogens with two attached hydrogens (primary N) is 1. The predicted octanol–water partition coefficient (Wildman–Crippen LogP) is 5.89. The second kappa shape index (κ2) is 13.5. The van der Waals surface area contributed by atoms with Crippen LogP contribution in [-0.4, -0.2) is 29.8 Å². The summed E-state index contributed by atoms with van der Waals surface area (Å²) in [6.07, 6.45) is 6.96. The number of H-pyrrole nitrogens is 1. The Bertz CT molecular complexity index is 1390. The van der Waals surface area contributed by atoms with E-state index in [0.717, 1.165) is 52.2 Å². The zero-order valence-corrected chi connectivity index (χ0v) is 23.5. The van der Waals surface area contributed by atoms with Crippen LogP contribution in [0.2, 0.25) is 0 Å². The average molecular weight is 530 g/mol. The van der Waals surface area contributed by atoms with Crippen LogP contribution in [0, 0.1) is 27.7 Å². The summed E-state index contributed by atoms with van der Waals surface area (Å²) in [6.45, 7) is 10.6. The monoisotopic (exact) mass is 529 g/mol. The molecule has 0 saturated heterocycles. The van der Waals surface area contributed by atoms with E-state index in [4.69, 9.17) is 5.73 Å². The quantitative estimate of drug-likeness (QED) is 0.102. The largest absolute Gasteiger partial charge is 0.397 e. The first-order chi connectivity index (χ1) is 18.7. The SMILES string of the molecule is CCCCCCNC(=O)c1c(C)[nH]c(/C=C2\C(=O)Nc3ccc(C)cc32)c1C.Cc1ccc(NC=O)c(N)c1. The summed E-state index contributed by atoms with van der Waals surface area (Å²) in [5.74, 6) is -0.173. The molecule has 1 aliphatic heterocycles. The number of nitrogen functional groups attached to an aromatic ring is 1. The van der Waals surface area contributed by atoms with E-state index in [2.05, 4.69) is 27.9 Å². The fourth-order valence-electron chi connectivity index (χ4n) is 4.57. The molecule has 0 fully saturated rings. The molecule has 8 heteroatoms. The number of fused-ring (bicyclic) bond motifs is 1. The Labute approximate surface area is 230 Å². The van der Waals surface area contributed by atoms with E-state index < -0.39 is 0 Å². The number of aryl methyl sites for hydroxylation is 3. The molecule has 1 aliphatic rings. The topological polar surface area (TPSA) is 129 Å². The minimum Gasteiger partial charge on any atom is -0.397 e. The van der Waals surface area contributed by atoms with Gasteiger partial charge in [0.15, 0.2) is 0 Å². The molecule has 1 aromatic heterocycles. The van der Waals surface area contributed by atoms with Crippen molar-refractivity contribution < 1.29 is 14.4 Å². The number of nitrogens with one attached hydrogen (secondary N) is 4. The average Bonchev–Trinajstić information content (AvgIpc) is 3.35. The highest BCUT2D eigenvalue weighted by Crippen LogP contribution is 2.34. The summed E-state index contributed by atoms with van der Waals surface area (Å²) in [6, 6.07) is 11.4. The number of anilines is 3. The normalized spacial score (nSPS) is 12.8. The molecule has 4 rings (SSSR count). The lowest BCUT2D eigenvalue weighted by Crippen LogP contribution is -2.25. The highest BCUT2D eigenvalue weighted by Gasteiger charge is 2.25. The molecule has 206 valence electrons. The number of carbonyl (C=O) groups excluding carboxylic acids is 3. The van der Waals surface area contributed by atoms with Crippen molar-refractivity contribution in [1.82, 2.24) is 10.3 Å². The van der Waals surface area contributed by atoms with Gasteiger partial charge in [0, 0.05) is 29.2 Å². The van der Waals surface area contributed by atoms with Gasteiger partial charge in [-0.15, -0.1) is 0 Å². The van der Waals surface area contributed by atoms with Gasteiger partial charge in [-0.3, -0.25) is 14.4 Å². The van der Waals surface area contributed by atoms with Gasteiger partial charge < -0.3 is 26.7 Å². The number of aromatic amines is 1. The first-order valence-electron chi connectivity index (χ1n) is 13.3. The third kappa shape index (κ3) is 7.37. The number of hydrogen-bond acceptors (Lipinski definition) is 4. The summed E-state index contributed by atoms with van der Waals surface area (Å²) in [5, 5.41) is 8.42.